The molecule has 2 fully saturated rings. The second-order valence-electron chi connectivity index (χ2n) is 5.14. The molecule has 19 heavy (non-hydrogen) atoms. The van der Waals surface area contributed by atoms with Gasteiger partial charge in [-0.1, -0.05) is 0 Å². The van der Waals surface area contributed by atoms with Crippen molar-refractivity contribution in [2.75, 3.05) is 0 Å². The maximum atomic E-state index is 11.2. The van der Waals surface area contributed by atoms with Gasteiger partial charge in [-0.25, -0.2) is 0 Å². The Hall–Kier alpha value is -1.92. The van der Waals surface area contributed by atoms with Crippen molar-refractivity contribution in [2.45, 2.75) is 50.7 Å². The first-order valence-electron chi connectivity index (χ1n) is 6.55. The predicted octanol–water partition coefficient (Wildman–Crippen LogP) is 2.02. The molecule has 2 aliphatic carbocycles. The van der Waals surface area contributed by atoms with Crippen LogP contribution >= 0.6 is 0 Å². The van der Waals surface area contributed by atoms with E-state index in [1.54, 1.807) is 4.68 Å². The van der Waals surface area contributed by atoms with E-state index in [0.29, 0.717) is 25.7 Å². The van der Waals surface area contributed by atoms with Gasteiger partial charge in [-0.05, 0) is 25.7 Å². The van der Waals surface area contributed by atoms with E-state index in [4.69, 9.17) is 4.74 Å². The fourth-order valence-corrected chi connectivity index (χ4v) is 2.29. The number of aromatic nitrogens is 2. The molecule has 7 nitrogen and oxygen atoms in total. The molecule has 0 N–H and O–H groups in total. The van der Waals surface area contributed by atoms with Crippen LogP contribution in [0.15, 0.2) is 6.20 Å². The number of carbonyl (C=O) groups is 1. The normalized spacial score (nSPS) is 20.5. The third-order valence-electron chi connectivity index (χ3n) is 3.57. The number of hydrogen-bond donors (Lipinski definition) is 0. The number of hydrogen-bond acceptors (Lipinski definition) is 5. The van der Waals surface area contributed by atoms with Crippen molar-refractivity contribution >= 4 is 11.5 Å². The standard InChI is InChI=1S/C12H15N3O4/c16-9-3-1-8(2-4-9)14-7-11(15(17)18)12(13-14)19-10-5-6-10/h7-8,10H,1-6H2. The number of Topliss-reactive ketones (excluding diaryl/α,β-unsaturated/α-hetero) is 1. The van der Waals surface area contributed by atoms with Crippen LogP contribution in [0.5, 0.6) is 5.88 Å². The highest BCUT2D eigenvalue weighted by Crippen LogP contribution is 2.35. The first-order valence-corrected chi connectivity index (χ1v) is 6.55. The molecule has 3 rings (SSSR count). The van der Waals surface area contributed by atoms with Gasteiger partial charge in [0.05, 0.1) is 11.0 Å². The summed E-state index contributed by atoms with van der Waals surface area (Å²) in [6.07, 6.45) is 5.81. The monoisotopic (exact) mass is 265 g/mol. The van der Waals surface area contributed by atoms with Crippen LogP contribution in [-0.2, 0) is 4.79 Å². The van der Waals surface area contributed by atoms with E-state index >= 15 is 0 Å². The summed E-state index contributed by atoms with van der Waals surface area (Å²) in [7, 11) is 0. The van der Waals surface area contributed by atoms with Crippen molar-refractivity contribution in [3.05, 3.63) is 16.3 Å². The highest BCUT2D eigenvalue weighted by molar-refractivity contribution is 5.79. The molecule has 0 saturated heterocycles. The highest BCUT2D eigenvalue weighted by Gasteiger charge is 2.31. The summed E-state index contributed by atoms with van der Waals surface area (Å²) >= 11 is 0. The lowest BCUT2D eigenvalue weighted by Crippen LogP contribution is -2.18. The molecule has 0 amide bonds. The molecule has 0 aliphatic heterocycles. The van der Waals surface area contributed by atoms with Crippen molar-refractivity contribution < 1.29 is 14.5 Å². The van der Waals surface area contributed by atoms with Crippen molar-refractivity contribution in [1.29, 1.82) is 0 Å². The molecule has 0 bridgehead atoms. The van der Waals surface area contributed by atoms with Gasteiger partial charge in [0, 0.05) is 12.8 Å². The van der Waals surface area contributed by atoms with Crippen molar-refractivity contribution in [1.82, 2.24) is 9.78 Å². The molecule has 0 atom stereocenters. The van der Waals surface area contributed by atoms with Crippen LogP contribution < -0.4 is 4.74 Å². The summed E-state index contributed by atoms with van der Waals surface area (Å²) in [5, 5.41) is 15.2. The molecule has 1 aromatic heterocycles. The van der Waals surface area contributed by atoms with Crippen LogP contribution in [0, 0.1) is 10.1 Å². The zero-order valence-electron chi connectivity index (χ0n) is 10.4. The van der Waals surface area contributed by atoms with Crippen molar-refractivity contribution in [3.63, 3.8) is 0 Å². The largest absolute Gasteiger partial charge is 0.468 e. The number of nitro groups is 1. The molecule has 102 valence electrons. The molecule has 2 saturated carbocycles. The lowest BCUT2D eigenvalue weighted by Gasteiger charge is -2.20. The number of ketones is 1. The van der Waals surface area contributed by atoms with Gasteiger partial charge in [0.1, 0.15) is 18.1 Å². The summed E-state index contributed by atoms with van der Waals surface area (Å²) in [6, 6.07) is 0.0629. The maximum Gasteiger partial charge on any atom is 0.350 e. The Morgan fingerprint density at radius 3 is 2.58 bits per heavy atom. The lowest BCUT2D eigenvalue weighted by atomic mass is 9.95. The van der Waals surface area contributed by atoms with E-state index < -0.39 is 4.92 Å². The fraction of sp³-hybridized carbons (Fsp3) is 0.667. The Labute approximate surface area is 109 Å². The summed E-state index contributed by atoms with van der Waals surface area (Å²) in [5.41, 5.74) is -0.0798. The van der Waals surface area contributed by atoms with Crippen LogP contribution in [0.1, 0.15) is 44.6 Å². The number of carbonyl (C=O) groups excluding carboxylic acids is 1. The van der Waals surface area contributed by atoms with Crippen LogP contribution in [0.3, 0.4) is 0 Å². The van der Waals surface area contributed by atoms with Crippen LogP contribution in [0.4, 0.5) is 5.69 Å². The second-order valence-corrected chi connectivity index (χ2v) is 5.14. The Bertz CT molecular complexity index is 511. The first kappa shape index (κ1) is 12.1. The first-order chi connectivity index (χ1) is 9.13. The average Bonchev–Trinajstić information content (AvgIpc) is 3.08. The van der Waals surface area contributed by atoms with E-state index in [0.717, 1.165) is 12.8 Å². The van der Waals surface area contributed by atoms with Gasteiger partial charge in [-0.2, -0.15) is 0 Å². The van der Waals surface area contributed by atoms with Gasteiger partial charge >= 0.3 is 11.6 Å². The van der Waals surface area contributed by atoms with Crippen LogP contribution in [-0.4, -0.2) is 26.6 Å². The maximum absolute atomic E-state index is 11.2. The zero-order valence-corrected chi connectivity index (χ0v) is 10.4. The van der Waals surface area contributed by atoms with Gasteiger partial charge in [0.25, 0.3) is 0 Å². The second kappa shape index (κ2) is 4.64. The van der Waals surface area contributed by atoms with E-state index in [-0.39, 0.29) is 29.5 Å². The Balaban J connectivity index is 1.80. The quantitative estimate of drug-likeness (QED) is 0.614. The highest BCUT2D eigenvalue weighted by atomic mass is 16.6. The minimum absolute atomic E-state index is 0.0629. The van der Waals surface area contributed by atoms with Crippen molar-refractivity contribution in [2.24, 2.45) is 0 Å². The average molecular weight is 265 g/mol. The zero-order chi connectivity index (χ0) is 13.4. The predicted molar refractivity (Wildman–Crippen MR) is 65.0 cm³/mol. The van der Waals surface area contributed by atoms with Gasteiger partial charge in [-0.3, -0.25) is 19.6 Å². The molecule has 0 radical (unpaired) electrons. The smallest absolute Gasteiger partial charge is 0.350 e. The van der Waals surface area contributed by atoms with Gasteiger partial charge in [0.2, 0.25) is 0 Å². The molecular formula is C12H15N3O4. The van der Waals surface area contributed by atoms with E-state index in [1.807, 2.05) is 0 Å². The topological polar surface area (TPSA) is 87.3 Å². The van der Waals surface area contributed by atoms with E-state index in [9.17, 15) is 14.9 Å². The molecule has 2 aliphatic rings. The minimum atomic E-state index is -0.463. The minimum Gasteiger partial charge on any atom is -0.468 e. The SMILES string of the molecule is O=C1CCC(n2cc([N+](=O)[O-])c(OC3CC3)n2)CC1. The molecule has 0 spiro atoms. The fourth-order valence-electron chi connectivity index (χ4n) is 2.29. The Kier molecular flexibility index (Phi) is 2.96. The molecular weight excluding hydrogens is 250 g/mol. The van der Waals surface area contributed by atoms with E-state index in [1.165, 1.54) is 6.20 Å². The Morgan fingerprint density at radius 2 is 2.00 bits per heavy atom. The number of rotatable bonds is 4. The summed E-state index contributed by atoms with van der Waals surface area (Å²) < 4.78 is 7.07. The third-order valence-corrected chi connectivity index (χ3v) is 3.57. The van der Waals surface area contributed by atoms with Gasteiger partial charge in [-0.15, -0.1) is 5.10 Å². The number of nitrogens with zero attached hydrogens (tertiary/aromatic N) is 3. The molecule has 7 heteroatoms. The van der Waals surface area contributed by atoms with Crippen LogP contribution in [0.25, 0.3) is 0 Å². The molecule has 1 aromatic rings. The molecule has 1 heterocycles. The van der Waals surface area contributed by atoms with Crippen LogP contribution in [0.2, 0.25) is 0 Å². The van der Waals surface area contributed by atoms with Gasteiger partial charge < -0.3 is 4.74 Å². The molecule has 0 unspecified atom stereocenters. The summed E-state index contributed by atoms with van der Waals surface area (Å²) in [4.78, 5) is 21.7. The van der Waals surface area contributed by atoms with E-state index in [2.05, 4.69) is 5.10 Å². The summed E-state index contributed by atoms with van der Waals surface area (Å²) in [5.74, 6) is 0.372. The Morgan fingerprint density at radius 1 is 1.32 bits per heavy atom. The molecule has 0 aromatic carbocycles. The van der Waals surface area contributed by atoms with Crippen molar-refractivity contribution in [3.8, 4) is 5.88 Å². The summed E-state index contributed by atoms with van der Waals surface area (Å²) in [6.45, 7) is 0. The van der Waals surface area contributed by atoms with Gasteiger partial charge in [0.15, 0.2) is 0 Å². The lowest BCUT2D eigenvalue weighted by molar-refractivity contribution is -0.386. The third kappa shape index (κ3) is 2.59. The number of ether oxygens (including phenoxy) is 1.